The first-order valence-corrected chi connectivity index (χ1v) is 10.3. The molecule has 2 heterocycles. The van der Waals surface area contributed by atoms with E-state index in [0.717, 1.165) is 11.1 Å². The number of aliphatic hydroxyl groups is 1. The zero-order valence-corrected chi connectivity index (χ0v) is 18.4. The number of benzene rings is 1. The lowest BCUT2D eigenvalue weighted by Gasteiger charge is -2.26. The Morgan fingerprint density at radius 1 is 1.17 bits per heavy atom. The van der Waals surface area contributed by atoms with Crippen molar-refractivity contribution in [1.29, 1.82) is 0 Å². The van der Waals surface area contributed by atoms with Gasteiger partial charge in [0, 0.05) is 0 Å². The number of alkyl halides is 1. The van der Waals surface area contributed by atoms with Crippen LogP contribution in [0.25, 0.3) is 6.08 Å². The van der Waals surface area contributed by atoms with Gasteiger partial charge in [0.25, 0.3) is 0 Å². The van der Waals surface area contributed by atoms with E-state index in [9.17, 15) is 9.90 Å². The zero-order valence-electron chi connectivity index (χ0n) is 18.4. The second-order valence-electron chi connectivity index (χ2n) is 8.87. The van der Waals surface area contributed by atoms with Gasteiger partial charge in [-0.25, -0.2) is 9.18 Å². The van der Waals surface area contributed by atoms with Crippen molar-refractivity contribution in [2.45, 2.75) is 83.8 Å². The van der Waals surface area contributed by atoms with Gasteiger partial charge in [0.2, 0.25) is 0 Å². The third-order valence-corrected chi connectivity index (χ3v) is 5.64. The van der Waals surface area contributed by atoms with Gasteiger partial charge in [-0.3, -0.25) is 0 Å². The van der Waals surface area contributed by atoms with Gasteiger partial charge < -0.3 is 19.3 Å². The van der Waals surface area contributed by atoms with Crippen molar-refractivity contribution in [3.8, 4) is 0 Å². The summed E-state index contributed by atoms with van der Waals surface area (Å²) >= 11 is 0. The molecular weight excluding hydrogens is 387 g/mol. The van der Waals surface area contributed by atoms with E-state index in [-0.39, 0.29) is 0 Å². The number of hydrogen-bond donors (Lipinski definition) is 1. The smallest absolute Gasteiger partial charge is 0.339 e. The molecule has 164 valence electrons. The van der Waals surface area contributed by atoms with Crippen molar-refractivity contribution in [3.05, 3.63) is 52.6 Å². The summed E-state index contributed by atoms with van der Waals surface area (Å²) < 4.78 is 32.6. The maximum absolute atomic E-state index is 15.3. The molecule has 0 amide bonds. The number of rotatable bonds is 0. The summed E-state index contributed by atoms with van der Waals surface area (Å²) in [6, 6.07) is 3.80. The van der Waals surface area contributed by atoms with E-state index in [1.54, 1.807) is 13.8 Å². The number of esters is 1. The average Bonchev–Trinajstić information content (AvgIpc) is 2.93. The predicted molar refractivity (Wildman–Crippen MR) is 113 cm³/mol. The van der Waals surface area contributed by atoms with Gasteiger partial charge in [-0.2, -0.15) is 0 Å². The number of carbonyl (C=O) groups is 1. The third kappa shape index (κ3) is 4.82. The van der Waals surface area contributed by atoms with Crippen LogP contribution in [0.15, 0.2) is 30.4 Å². The van der Waals surface area contributed by atoms with E-state index in [1.165, 1.54) is 26.0 Å². The number of fused-ring (bicyclic) bond motifs is 2. The molecule has 5 atom stereocenters. The SMILES string of the molecule is Cc1cc(C)c2c(c1)/C=C/C[C@@H]1OC(C)(C)OC1C(O)/C=C\C(C)(F)C(C)OC2=O. The first kappa shape index (κ1) is 22.7. The Balaban J connectivity index is 2.06. The normalized spacial score (nSPS) is 36.2. The fourth-order valence-corrected chi connectivity index (χ4v) is 3.94. The lowest BCUT2D eigenvalue weighted by molar-refractivity contribution is -0.152. The van der Waals surface area contributed by atoms with Crippen LogP contribution in [0.4, 0.5) is 4.39 Å². The van der Waals surface area contributed by atoms with Gasteiger partial charge in [0.1, 0.15) is 18.3 Å². The summed E-state index contributed by atoms with van der Waals surface area (Å²) in [6.45, 7) is 10.2. The molecule has 0 saturated carbocycles. The molecule has 1 N–H and O–H groups in total. The van der Waals surface area contributed by atoms with Crippen LogP contribution < -0.4 is 0 Å². The van der Waals surface area contributed by atoms with Crippen LogP contribution in [0.1, 0.15) is 61.2 Å². The van der Waals surface area contributed by atoms with E-state index in [0.29, 0.717) is 17.5 Å². The Bertz CT molecular complexity index is 871. The van der Waals surface area contributed by atoms with Gasteiger partial charge in [0.05, 0.1) is 11.7 Å². The summed E-state index contributed by atoms with van der Waals surface area (Å²) in [7, 11) is 0. The number of carbonyl (C=O) groups excluding carboxylic acids is 1. The summed E-state index contributed by atoms with van der Waals surface area (Å²) in [5.41, 5.74) is 0.921. The molecule has 5 nitrogen and oxygen atoms in total. The lowest BCUT2D eigenvalue weighted by atomic mass is 9.95. The van der Waals surface area contributed by atoms with E-state index >= 15 is 4.39 Å². The number of halogens is 1. The van der Waals surface area contributed by atoms with E-state index in [1.807, 2.05) is 38.1 Å². The predicted octanol–water partition coefficient (Wildman–Crippen LogP) is 4.43. The van der Waals surface area contributed by atoms with E-state index in [4.69, 9.17) is 14.2 Å². The maximum atomic E-state index is 15.3. The topological polar surface area (TPSA) is 65.0 Å². The van der Waals surface area contributed by atoms with Crippen LogP contribution in [0.3, 0.4) is 0 Å². The van der Waals surface area contributed by atoms with E-state index < -0.39 is 41.8 Å². The molecule has 1 aromatic rings. The van der Waals surface area contributed by atoms with E-state index in [2.05, 4.69) is 0 Å². The first-order chi connectivity index (χ1) is 13.9. The first-order valence-electron chi connectivity index (χ1n) is 10.3. The van der Waals surface area contributed by atoms with Crippen molar-refractivity contribution in [3.63, 3.8) is 0 Å². The van der Waals surface area contributed by atoms with Crippen molar-refractivity contribution in [2.24, 2.45) is 0 Å². The summed E-state index contributed by atoms with van der Waals surface area (Å²) in [4.78, 5) is 12.9. The summed E-state index contributed by atoms with van der Waals surface area (Å²) in [5, 5.41) is 10.6. The van der Waals surface area contributed by atoms with Gasteiger partial charge in [0.15, 0.2) is 11.5 Å². The Hall–Kier alpha value is -2.02. The fraction of sp³-hybridized carbons (Fsp3) is 0.542. The largest absolute Gasteiger partial charge is 0.455 e. The van der Waals surface area contributed by atoms with Gasteiger partial charge in [-0.1, -0.05) is 35.9 Å². The highest BCUT2D eigenvalue weighted by molar-refractivity contribution is 5.95. The van der Waals surface area contributed by atoms with Crippen LogP contribution in [-0.4, -0.2) is 46.9 Å². The molecule has 1 saturated heterocycles. The quantitative estimate of drug-likeness (QED) is 0.499. The monoisotopic (exact) mass is 418 g/mol. The molecule has 0 bridgehead atoms. The average molecular weight is 419 g/mol. The molecule has 4 unspecified atom stereocenters. The van der Waals surface area contributed by atoms with Crippen molar-refractivity contribution >= 4 is 12.0 Å². The lowest BCUT2D eigenvalue weighted by Crippen LogP contribution is -2.37. The molecule has 3 rings (SSSR count). The van der Waals surface area contributed by atoms with Gasteiger partial charge in [-0.05, 0) is 65.2 Å². The zero-order chi connectivity index (χ0) is 22.3. The molecule has 2 aliphatic heterocycles. The van der Waals surface area contributed by atoms with Crippen molar-refractivity contribution in [1.82, 2.24) is 0 Å². The minimum absolute atomic E-state index is 0.413. The highest BCUT2D eigenvalue weighted by atomic mass is 19.1. The molecule has 0 aromatic heterocycles. The molecule has 1 aromatic carbocycles. The molecule has 1 fully saturated rings. The molecular formula is C24H31FO5. The molecule has 0 radical (unpaired) electrons. The van der Waals surface area contributed by atoms with Gasteiger partial charge in [-0.15, -0.1) is 0 Å². The van der Waals surface area contributed by atoms with Gasteiger partial charge >= 0.3 is 5.97 Å². The minimum Gasteiger partial charge on any atom is -0.455 e. The Labute approximate surface area is 177 Å². The summed E-state index contributed by atoms with van der Waals surface area (Å²) in [6.07, 6.45) is 3.61. The highest BCUT2D eigenvalue weighted by Gasteiger charge is 2.44. The highest BCUT2D eigenvalue weighted by Crippen LogP contribution is 2.33. The van der Waals surface area contributed by atoms with Crippen molar-refractivity contribution < 1.29 is 28.5 Å². The maximum Gasteiger partial charge on any atom is 0.339 e. The number of ether oxygens (including phenoxy) is 3. The molecule has 30 heavy (non-hydrogen) atoms. The number of aliphatic hydroxyl groups excluding tert-OH is 1. The number of aryl methyl sites for hydroxylation is 2. The van der Waals surface area contributed by atoms with Crippen LogP contribution in [0, 0.1) is 13.8 Å². The second-order valence-corrected chi connectivity index (χ2v) is 8.87. The molecule has 6 heteroatoms. The molecule has 0 spiro atoms. The second kappa shape index (κ2) is 8.25. The van der Waals surface area contributed by atoms with Crippen LogP contribution in [-0.2, 0) is 14.2 Å². The summed E-state index contributed by atoms with van der Waals surface area (Å²) in [5.74, 6) is -1.43. The fourth-order valence-electron chi connectivity index (χ4n) is 3.94. The molecule has 2 aliphatic rings. The Morgan fingerprint density at radius 2 is 1.87 bits per heavy atom. The van der Waals surface area contributed by atoms with Crippen molar-refractivity contribution in [2.75, 3.05) is 0 Å². The van der Waals surface area contributed by atoms with Crippen LogP contribution in [0.2, 0.25) is 0 Å². The van der Waals surface area contributed by atoms with Crippen LogP contribution >= 0.6 is 0 Å². The Kier molecular flexibility index (Phi) is 6.23. The number of cyclic esters (lactones) is 1. The molecule has 0 aliphatic carbocycles. The van der Waals surface area contributed by atoms with Crippen LogP contribution in [0.5, 0.6) is 0 Å². The number of hydrogen-bond acceptors (Lipinski definition) is 5. The minimum atomic E-state index is -1.97. The Morgan fingerprint density at radius 3 is 2.57 bits per heavy atom. The standard InChI is InChI=1S/C24H31FO5/c1-14-12-15(2)20-17(13-14)8-7-9-19-21(30-23(4,5)29-19)18(26)10-11-24(6,25)16(3)28-22(20)27/h7-8,10-13,16,18-19,21,26H,9H2,1-6H3/b8-7+,11-10-/t16?,18?,19-,21?,24?/m0/s1. The third-order valence-electron chi connectivity index (χ3n) is 5.64.